The number of hydrogen-bond donors (Lipinski definition) is 2. The largest absolute Gasteiger partial charge is 0.352 e. The summed E-state index contributed by atoms with van der Waals surface area (Å²) < 4.78 is 10.6. The maximum absolute atomic E-state index is 11.7. The lowest BCUT2D eigenvalue weighted by Gasteiger charge is -2.22. The van der Waals surface area contributed by atoms with Crippen molar-refractivity contribution < 1.29 is 14.3 Å². The number of nitrogens with one attached hydrogen (secondary N) is 2. The molecule has 2 rings (SSSR count). The van der Waals surface area contributed by atoms with Gasteiger partial charge in [-0.05, 0) is 20.3 Å². The van der Waals surface area contributed by atoms with Crippen molar-refractivity contribution in [3.05, 3.63) is 11.3 Å². The molecule has 2 heterocycles. The van der Waals surface area contributed by atoms with E-state index in [4.69, 9.17) is 9.47 Å². The van der Waals surface area contributed by atoms with E-state index in [2.05, 4.69) is 15.5 Å². The Hall–Kier alpha value is -1.40. The first-order valence-electron chi connectivity index (χ1n) is 5.71. The first-order valence-corrected chi connectivity index (χ1v) is 5.71. The van der Waals surface area contributed by atoms with Gasteiger partial charge in [0.25, 0.3) is 0 Å². The fourth-order valence-electron chi connectivity index (χ4n) is 1.60. The Morgan fingerprint density at radius 2 is 2.18 bits per heavy atom. The Labute approximate surface area is 99.7 Å². The van der Waals surface area contributed by atoms with Crippen LogP contribution >= 0.6 is 0 Å². The van der Waals surface area contributed by atoms with E-state index in [1.807, 2.05) is 13.8 Å². The van der Waals surface area contributed by atoms with Gasteiger partial charge in [-0.3, -0.25) is 9.89 Å². The van der Waals surface area contributed by atoms with E-state index in [1.54, 1.807) is 0 Å². The zero-order chi connectivity index (χ0) is 12.3. The summed E-state index contributed by atoms with van der Waals surface area (Å²) in [5.41, 5.74) is 1.90. The summed E-state index contributed by atoms with van der Waals surface area (Å²) in [5, 5.41) is 9.57. The molecule has 0 atom stereocenters. The first kappa shape index (κ1) is 12.1. The van der Waals surface area contributed by atoms with Crippen LogP contribution in [0.1, 0.15) is 24.1 Å². The molecule has 1 saturated heterocycles. The third-order valence-corrected chi connectivity index (χ3v) is 2.76. The van der Waals surface area contributed by atoms with Crippen molar-refractivity contribution in [2.45, 2.75) is 33.0 Å². The normalized spacial score (nSPS) is 17.1. The average molecular weight is 239 g/mol. The van der Waals surface area contributed by atoms with Crippen LogP contribution in [0.25, 0.3) is 0 Å². The minimum atomic E-state index is -0.427. The van der Waals surface area contributed by atoms with E-state index >= 15 is 0 Å². The van der Waals surface area contributed by atoms with Gasteiger partial charge in [0.15, 0.2) is 12.1 Å². The van der Waals surface area contributed by atoms with Crippen molar-refractivity contribution in [1.29, 1.82) is 0 Å². The van der Waals surface area contributed by atoms with Gasteiger partial charge < -0.3 is 14.8 Å². The second-order valence-corrected chi connectivity index (χ2v) is 4.10. The molecule has 6 nitrogen and oxygen atoms in total. The minimum Gasteiger partial charge on any atom is -0.352 e. The van der Waals surface area contributed by atoms with Gasteiger partial charge in [0.1, 0.15) is 0 Å². The summed E-state index contributed by atoms with van der Waals surface area (Å²) >= 11 is 0. The van der Waals surface area contributed by atoms with E-state index < -0.39 is 6.29 Å². The number of rotatable bonds is 3. The average Bonchev–Trinajstić information content (AvgIpc) is 2.62. The fourth-order valence-corrected chi connectivity index (χ4v) is 1.60. The monoisotopic (exact) mass is 239 g/mol. The van der Waals surface area contributed by atoms with Crippen molar-refractivity contribution in [1.82, 2.24) is 10.2 Å². The summed E-state index contributed by atoms with van der Waals surface area (Å²) in [6.45, 7) is 5.12. The van der Waals surface area contributed by atoms with Gasteiger partial charge >= 0.3 is 0 Å². The van der Waals surface area contributed by atoms with Crippen LogP contribution in [-0.4, -0.2) is 35.6 Å². The van der Waals surface area contributed by atoms with Gasteiger partial charge in [-0.2, -0.15) is 5.10 Å². The Morgan fingerprint density at radius 1 is 1.47 bits per heavy atom. The van der Waals surface area contributed by atoms with E-state index in [9.17, 15) is 4.79 Å². The third-order valence-electron chi connectivity index (χ3n) is 2.76. The maximum atomic E-state index is 11.7. The molecule has 1 aromatic heterocycles. The molecule has 17 heavy (non-hydrogen) atoms. The van der Waals surface area contributed by atoms with Gasteiger partial charge in [-0.25, -0.2) is 0 Å². The molecule has 1 aromatic rings. The predicted molar refractivity (Wildman–Crippen MR) is 61.6 cm³/mol. The molecular formula is C11H17N3O3. The summed E-state index contributed by atoms with van der Waals surface area (Å²) in [7, 11) is 0. The summed E-state index contributed by atoms with van der Waals surface area (Å²) in [6, 6.07) is 0. The molecule has 0 bridgehead atoms. The number of carbonyl (C=O) groups excluding carboxylic acids is 1. The Balaban J connectivity index is 1.86. The van der Waals surface area contributed by atoms with Crippen LogP contribution in [0.4, 0.5) is 5.82 Å². The SMILES string of the molecule is Cc1[nH]nc(NC(=O)CC2OCCCO2)c1C. The van der Waals surface area contributed by atoms with E-state index in [1.165, 1.54) is 0 Å². The number of carbonyl (C=O) groups is 1. The highest BCUT2D eigenvalue weighted by molar-refractivity contribution is 5.90. The second kappa shape index (κ2) is 5.29. The van der Waals surface area contributed by atoms with Crippen LogP contribution in [0.15, 0.2) is 0 Å². The molecule has 0 spiro atoms. The highest BCUT2D eigenvalue weighted by atomic mass is 16.7. The summed E-state index contributed by atoms with van der Waals surface area (Å²) in [5.74, 6) is 0.426. The number of hydrogen-bond acceptors (Lipinski definition) is 4. The molecule has 0 aliphatic carbocycles. The van der Waals surface area contributed by atoms with Crippen LogP contribution < -0.4 is 5.32 Å². The number of aromatic amines is 1. The summed E-state index contributed by atoms with van der Waals surface area (Å²) in [6.07, 6.45) is 0.658. The third kappa shape index (κ3) is 3.04. The molecular weight excluding hydrogens is 222 g/mol. The van der Waals surface area contributed by atoms with Crippen molar-refractivity contribution in [3.8, 4) is 0 Å². The minimum absolute atomic E-state index is 0.147. The Kier molecular flexibility index (Phi) is 3.75. The van der Waals surface area contributed by atoms with E-state index in [0.717, 1.165) is 17.7 Å². The Morgan fingerprint density at radius 3 is 2.76 bits per heavy atom. The van der Waals surface area contributed by atoms with E-state index in [0.29, 0.717) is 19.0 Å². The predicted octanol–water partition coefficient (Wildman–Crippen LogP) is 1.12. The van der Waals surface area contributed by atoms with E-state index in [-0.39, 0.29) is 12.3 Å². The van der Waals surface area contributed by atoms with Crippen molar-refractivity contribution >= 4 is 11.7 Å². The highest BCUT2D eigenvalue weighted by Crippen LogP contribution is 2.15. The van der Waals surface area contributed by atoms with Gasteiger partial charge in [0.05, 0.1) is 19.6 Å². The quantitative estimate of drug-likeness (QED) is 0.828. The molecule has 0 unspecified atom stereocenters. The van der Waals surface area contributed by atoms with Crippen LogP contribution in [0.5, 0.6) is 0 Å². The lowest BCUT2D eigenvalue weighted by atomic mass is 10.2. The smallest absolute Gasteiger partial charge is 0.230 e. The van der Waals surface area contributed by atoms with Gasteiger partial charge in [-0.1, -0.05) is 0 Å². The first-order chi connectivity index (χ1) is 8.16. The molecule has 94 valence electrons. The van der Waals surface area contributed by atoms with Crippen molar-refractivity contribution in [2.75, 3.05) is 18.5 Å². The highest BCUT2D eigenvalue weighted by Gasteiger charge is 2.19. The molecule has 1 aliphatic rings. The lowest BCUT2D eigenvalue weighted by molar-refractivity contribution is -0.182. The summed E-state index contributed by atoms with van der Waals surface area (Å²) in [4.78, 5) is 11.7. The molecule has 0 aromatic carbocycles. The molecule has 0 radical (unpaired) electrons. The fraction of sp³-hybridized carbons (Fsp3) is 0.636. The van der Waals surface area contributed by atoms with Crippen molar-refractivity contribution in [3.63, 3.8) is 0 Å². The number of aryl methyl sites for hydroxylation is 1. The lowest BCUT2D eigenvalue weighted by Crippen LogP contribution is -2.29. The Bertz CT molecular complexity index is 397. The molecule has 1 amide bonds. The number of anilines is 1. The number of ether oxygens (including phenoxy) is 2. The molecule has 1 fully saturated rings. The maximum Gasteiger partial charge on any atom is 0.230 e. The second-order valence-electron chi connectivity index (χ2n) is 4.10. The topological polar surface area (TPSA) is 76.2 Å². The van der Waals surface area contributed by atoms with Crippen molar-refractivity contribution in [2.24, 2.45) is 0 Å². The van der Waals surface area contributed by atoms with Crippen LogP contribution in [0, 0.1) is 13.8 Å². The molecule has 2 N–H and O–H groups in total. The van der Waals surface area contributed by atoms with Crippen LogP contribution in [0.3, 0.4) is 0 Å². The molecule has 6 heteroatoms. The van der Waals surface area contributed by atoms with Gasteiger partial charge in [-0.15, -0.1) is 0 Å². The molecule has 1 aliphatic heterocycles. The number of amides is 1. The standard InChI is InChI=1S/C11H17N3O3/c1-7-8(2)13-14-11(7)12-9(15)6-10-16-4-3-5-17-10/h10H,3-6H2,1-2H3,(H2,12,13,14,15). The van der Waals surface area contributed by atoms with Gasteiger partial charge in [0, 0.05) is 11.3 Å². The zero-order valence-electron chi connectivity index (χ0n) is 10.1. The number of aromatic nitrogens is 2. The number of nitrogens with zero attached hydrogens (tertiary/aromatic N) is 1. The zero-order valence-corrected chi connectivity index (χ0v) is 10.1. The van der Waals surface area contributed by atoms with Gasteiger partial charge in [0.2, 0.25) is 5.91 Å². The van der Waals surface area contributed by atoms with Crippen LogP contribution in [-0.2, 0) is 14.3 Å². The molecule has 0 saturated carbocycles. The van der Waals surface area contributed by atoms with Crippen LogP contribution in [0.2, 0.25) is 0 Å². The number of H-pyrrole nitrogens is 1.